The quantitative estimate of drug-likeness (QED) is 0.390. The highest BCUT2D eigenvalue weighted by atomic mass is 32.2. The van der Waals surface area contributed by atoms with Crippen LogP contribution in [0.25, 0.3) is 0 Å². The lowest BCUT2D eigenvalue weighted by Gasteiger charge is -2.11. The van der Waals surface area contributed by atoms with Crippen LogP contribution in [0, 0.1) is 6.92 Å². The van der Waals surface area contributed by atoms with Crippen molar-refractivity contribution in [3.63, 3.8) is 0 Å². The molecule has 1 aliphatic heterocycles. The lowest BCUT2D eigenvalue weighted by Crippen LogP contribution is -2.26. The minimum Gasteiger partial charge on any atom is -0.493 e. The molecule has 1 saturated heterocycles. The van der Waals surface area contributed by atoms with Crippen LogP contribution in [0.2, 0.25) is 0 Å². The number of methoxy groups -OCH3 is 1. The van der Waals surface area contributed by atoms with E-state index in [1.807, 2.05) is 60.7 Å². The monoisotopic (exact) mass is 459 g/mol. The van der Waals surface area contributed by atoms with Gasteiger partial charge in [0.25, 0.3) is 0 Å². The average molecular weight is 460 g/mol. The Balaban J connectivity index is 1.37. The van der Waals surface area contributed by atoms with Gasteiger partial charge >= 0.3 is 0 Å². The van der Waals surface area contributed by atoms with E-state index in [0.717, 1.165) is 16.7 Å². The molecule has 1 aliphatic rings. The van der Waals surface area contributed by atoms with Crippen LogP contribution < -0.4 is 14.8 Å². The predicted molar refractivity (Wildman–Crippen MR) is 133 cm³/mol. The molecule has 3 aromatic rings. The molecule has 1 unspecified atom stereocenters. The summed E-state index contributed by atoms with van der Waals surface area (Å²) >= 11 is 1.40. The topological polar surface area (TPSA) is 72.3 Å². The van der Waals surface area contributed by atoms with Crippen molar-refractivity contribution in [2.75, 3.05) is 7.11 Å². The van der Waals surface area contributed by atoms with Gasteiger partial charge < -0.3 is 14.8 Å². The number of hydrogen-bond acceptors (Lipinski definition) is 6. The first kappa shape index (κ1) is 22.6. The van der Waals surface area contributed by atoms with Crippen molar-refractivity contribution in [1.82, 2.24) is 5.32 Å². The van der Waals surface area contributed by atoms with Crippen LogP contribution >= 0.6 is 11.8 Å². The maximum atomic E-state index is 12.3. The molecule has 168 valence electrons. The summed E-state index contributed by atoms with van der Waals surface area (Å²) in [5, 5.41) is 11.4. The molecule has 0 aliphatic carbocycles. The first-order chi connectivity index (χ1) is 16.1. The summed E-state index contributed by atoms with van der Waals surface area (Å²) in [6, 6.07) is 23.6. The van der Waals surface area contributed by atoms with E-state index < -0.39 is 0 Å². The highest BCUT2D eigenvalue weighted by molar-refractivity contribution is 8.15. The Labute approximate surface area is 197 Å². The van der Waals surface area contributed by atoms with Crippen molar-refractivity contribution in [3.8, 4) is 11.5 Å². The second-order valence-corrected chi connectivity index (χ2v) is 8.75. The second kappa shape index (κ2) is 10.8. The van der Waals surface area contributed by atoms with Gasteiger partial charge in [-0.2, -0.15) is 5.10 Å². The standard InChI is InChI=1S/C26H25N3O3S/c1-18-8-6-7-11-21(18)15-24-25(30)28-26(33-24)29-27-16-20-12-13-22(23(14-20)31-2)32-17-19-9-4-3-5-10-19/h3-14,16,24H,15,17H2,1-2H3,(H,28,29,30)/b27-16+. The lowest BCUT2D eigenvalue weighted by molar-refractivity contribution is -0.118. The van der Waals surface area contributed by atoms with E-state index in [9.17, 15) is 4.79 Å². The molecule has 1 heterocycles. The fraction of sp³-hybridized carbons (Fsp3) is 0.192. The van der Waals surface area contributed by atoms with Gasteiger partial charge in [0.05, 0.1) is 18.6 Å². The van der Waals surface area contributed by atoms with Gasteiger partial charge in [0.15, 0.2) is 16.7 Å². The predicted octanol–water partition coefficient (Wildman–Crippen LogP) is 4.75. The van der Waals surface area contributed by atoms with Crippen LogP contribution in [0.5, 0.6) is 11.5 Å². The van der Waals surface area contributed by atoms with Crippen LogP contribution in [-0.4, -0.2) is 29.6 Å². The molecular weight excluding hydrogens is 434 g/mol. The van der Waals surface area contributed by atoms with Crippen molar-refractivity contribution in [1.29, 1.82) is 0 Å². The molecule has 0 saturated carbocycles. The van der Waals surface area contributed by atoms with Gasteiger partial charge in [0.1, 0.15) is 6.61 Å². The fourth-order valence-electron chi connectivity index (χ4n) is 3.39. The van der Waals surface area contributed by atoms with Gasteiger partial charge in [0, 0.05) is 0 Å². The molecule has 0 radical (unpaired) electrons. The molecule has 33 heavy (non-hydrogen) atoms. The van der Waals surface area contributed by atoms with E-state index in [2.05, 4.69) is 34.6 Å². The average Bonchev–Trinajstić information content (AvgIpc) is 3.19. The number of rotatable bonds is 8. The van der Waals surface area contributed by atoms with Crippen molar-refractivity contribution >= 4 is 29.1 Å². The summed E-state index contributed by atoms with van der Waals surface area (Å²) in [6.45, 7) is 2.51. The number of carbonyl (C=O) groups excluding carboxylic acids is 1. The molecule has 4 rings (SSSR count). The lowest BCUT2D eigenvalue weighted by atomic mass is 10.0. The molecule has 1 fully saturated rings. The third-order valence-electron chi connectivity index (χ3n) is 5.22. The summed E-state index contributed by atoms with van der Waals surface area (Å²) in [5.74, 6) is 1.23. The summed E-state index contributed by atoms with van der Waals surface area (Å²) in [4.78, 5) is 12.3. The molecule has 6 nitrogen and oxygen atoms in total. The third kappa shape index (κ3) is 6.02. The molecule has 0 aromatic heterocycles. The zero-order chi connectivity index (χ0) is 23.0. The molecule has 1 amide bonds. The van der Waals surface area contributed by atoms with E-state index in [-0.39, 0.29) is 11.2 Å². The first-order valence-electron chi connectivity index (χ1n) is 10.6. The largest absolute Gasteiger partial charge is 0.493 e. The van der Waals surface area contributed by atoms with Crippen LogP contribution in [0.15, 0.2) is 83.0 Å². The third-order valence-corrected chi connectivity index (χ3v) is 6.30. The molecule has 1 N–H and O–H groups in total. The number of amidine groups is 1. The summed E-state index contributed by atoms with van der Waals surface area (Å²) in [5.41, 5.74) is 4.24. The molecule has 7 heteroatoms. The Morgan fingerprint density at radius 1 is 1.03 bits per heavy atom. The Bertz CT molecular complexity index is 1180. The SMILES string of the molecule is COc1cc(/C=N/N=C2\NC(=O)C(Cc3ccccc3C)S2)ccc1OCc1ccccc1. The van der Waals surface area contributed by atoms with Gasteiger partial charge in [-0.3, -0.25) is 4.79 Å². The minimum atomic E-state index is -0.207. The van der Waals surface area contributed by atoms with E-state index in [4.69, 9.17) is 9.47 Å². The van der Waals surface area contributed by atoms with Crippen LogP contribution in [-0.2, 0) is 17.8 Å². The van der Waals surface area contributed by atoms with Gasteiger partial charge in [0.2, 0.25) is 5.91 Å². The van der Waals surface area contributed by atoms with E-state index in [1.54, 1.807) is 13.3 Å². The number of hydrogen-bond donors (Lipinski definition) is 1. The van der Waals surface area contributed by atoms with E-state index in [0.29, 0.717) is 29.7 Å². The number of ether oxygens (including phenoxy) is 2. The molecule has 3 aromatic carbocycles. The second-order valence-electron chi connectivity index (χ2n) is 7.56. The number of benzene rings is 3. The Kier molecular flexibility index (Phi) is 7.42. The Morgan fingerprint density at radius 3 is 2.61 bits per heavy atom. The molecule has 0 spiro atoms. The Morgan fingerprint density at radius 2 is 1.82 bits per heavy atom. The Hall–Kier alpha value is -3.58. The van der Waals surface area contributed by atoms with Crippen LogP contribution in [0.3, 0.4) is 0 Å². The summed E-state index contributed by atoms with van der Waals surface area (Å²) < 4.78 is 11.4. The highest BCUT2D eigenvalue weighted by Gasteiger charge is 2.30. The number of nitrogens with zero attached hydrogens (tertiary/aromatic N) is 2. The fourth-order valence-corrected chi connectivity index (χ4v) is 4.34. The van der Waals surface area contributed by atoms with Crippen molar-refractivity contribution in [2.45, 2.75) is 25.2 Å². The maximum Gasteiger partial charge on any atom is 0.239 e. The van der Waals surface area contributed by atoms with Gasteiger partial charge in [-0.1, -0.05) is 66.4 Å². The van der Waals surface area contributed by atoms with Crippen molar-refractivity contribution in [2.24, 2.45) is 10.2 Å². The van der Waals surface area contributed by atoms with Crippen LogP contribution in [0.4, 0.5) is 0 Å². The highest BCUT2D eigenvalue weighted by Crippen LogP contribution is 2.28. The summed E-state index contributed by atoms with van der Waals surface area (Å²) in [7, 11) is 1.60. The van der Waals surface area contributed by atoms with Gasteiger partial charge in [-0.15, -0.1) is 5.10 Å². The van der Waals surface area contributed by atoms with E-state index >= 15 is 0 Å². The smallest absolute Gasteiger partial charge is 0.239 e. The maximum absolute atomic E-state index is 12.3. The van der Waals surface area contributed by atoms with Crippen LogP contribution in [0.1, 0.15) is 22.3 Å². The van der Waals surface area contributed by atoms with Crippen molar-refractivity contribution in [3.05, 3.63) is 95.1 Å². The zero-order valence-corrected chi connectivity index (χ0v) is 19.3. The number of carbonyl (C=O) groups is 1. The molecule has 0 bridgehead atoms. The number of nitrogens with one attached hydrogen (secondary N) is 1. The first-order valence-corrected chi connectivity index (χ1v) is 11.5. The van der Waals surface area contributed by atoms with Gasteiger partial charge in [-0.05, 0) is 53.8 Å². The van der Waals surface area contributed by atoms with Crippen molar-refractivity contribution < 1.29 is 14.3 Å². The minimum absolute atomic E-state index is 0.0428. The number of aryl methyl sites for hydroxylation is 1. The number of thioether (sulfide) groups is 1. The zero-order valence-electron chi connectivity index (χ0n) is 18.5. The summed E-state index contributed by atoms with van der Waals surface area (Å²) in [6.07, 6.45) is 2.28. The number of amides is 1. The molecule has 1 atom stereocenters. The van der Waals surface area contributed by atoms with Gasteiger partial charge in [-0.25, -0.2) is 0 Å². The normalized spacial score (nSPS) is 16.8. The molecular formula is C26H25N3O3S. The van der Waals surface area contributed by atoms with E-state index in [1.165, 1.54) is 17.3 Å².